The van der Waals surface area contributed by atoms with Gasteiger partial charge in [0.1, 0.15) is 17.7 Å². The molecule has 0 aliphatic rings. The minimum Gasteiger partial charge on any atom is -0.444 e. The second-order valence-corrected chi connectivity index (χ2v) is 8.77. The molecular weight excluding hydrogens is 419 g/mol. The first-order valence-corrected chi connectivity index (χ1v) is 9.32. The molecule has 0 bridgehead atoms. The summed E-state index contributed by atoms with van der Waals surface area (Å²) in [6.45, 7) is 9.32. The molecule has 0 saturated carbocycles. The van der Waals surface area contributed by atoms with Gasteiger partial charge in [0.15, 0.2) is 0 Å². The lowest BCUT2D eigenvalue weighted by Crippen LogP contribution is -2.38. The van der Waals surface area contributed by atoms with Gasteiger partial charge in [-0.05, 0) is 59.7 Å². The molecular formula is C20H28F3N3O5. The van der Waals surface area contributed by atoms with Crippen molar-refractivity contribution in [3.05, 3.63) is 23.8 Å². The molecule has 11 heteroatoms. The van der Waals surface area contributed by atoms with Crippen LogP contribution in [0.1, 0.15) is 47.1 Å². The van der Waals surface area contributed by atoms with Crippen molar-refractivity contribution in [2.75, 3.05) is 24.2 Å². The van der Waals surface area contributed by atoms with Crippen molar-refractivity contribution in [2.24, 2.45) is 0 Å². The maximum Gasteiger partial charge on any atom is 0.416 e. The number of benzene rings is 1. The van der Waals surface area contributed by atoms with Crippen LogP contribution in [0.15, 0.2) is 18.2 Å². The predicted octanol–water partition coefficient (Wildman–Crippen LogP) is 4.86. The monoisotopic (exact) mass is 447 g/mol. The third kappa shape index (κ3) is 9.58. The van der Waals surface area contributed by atoms with Crippen molar-refractivity contribution < 1.29 is 37.0 Å². The van der Waals surface area contributed by atoms with Crippen LogP contribution in [0, 0.1) is 0 Å². The van der Waals surface area contributed by atoms with E-state index in [-0.39, 0.29) is 11.4 Å². The zero-order chi connectivity index (χ0) is 24.2. The molecule has 3 amide bonds. The highest BCUT2D eigenvalue weighted by Gasteiger charge is 2.32. The van der Waals surface area contributed by atoms with Crippen LogP contribution in [0.5, 0.6) is 0 Å². The Labute approximate surface area is 179 Å². The van der Waals surface area contributed by atoms with Crippen LogP contribution in [0.3, 0.4) is 0 Å². The van der Waals surface area contributed by atoms with Crippen LogP contribution < -0.4 is 10.6 Å². The maximum absolute atomic E-state index is 13.1. The zero-order valence-electron chi connectivity index (χ0n) is 18.6. The number of hydrogen-bond donors (Lipinski definition) is 2. The van der Waals surface area contributed by atoms with Crippen molar-refractivity contribution in [3.63, 3.8) is 0 Å². The van der Waals surface area contributed by atoms with Gasteiger partial charge in [-0.2, -0.15) is 13.2 Å². The first-order chi connectivity index (χ1) is 13.9. The Morgan fingerprint density at radius 3 is 1.94 bits per heavy atom. The molecule has 31 heavy (non-hydrogen) atoms. The van der Waals surface area contributed by atoms with Crippen molar-refractivity contribution in [3.8, 4) is 0 Å². The van der Waals surface area contributed by atoms with Gasteiger partial charge in [0.2, 0.25) is 5.91 Å². The molecule has 0 aliphatic carbocycles. The normalized spacial score (nSPS) is 12.1. The standard InChI is InChI=1S/C20H28F3N3O5/c1-18(2,3)30-16(28)25-13-9-8-12(20(21,22)23)10-14(13)24-15(27)11-26(7)17(29)31-19(4,5)6/h8-10H,11H2,1-7H3,(H,24,27)(H,25,28). The number of rotatable bonds is 4. The molecule has 0 aromatic heterocycles. The number of likely N-dealkylation sites (N-methyl/N-ethyl adjacent to an activating group) is 1. The van der Waals surface area contributed by atoms with Crippen LogP contribution >= 0.6 is 0 Å². The number of carbonyl (C=O) groups excluding carboxylic acids is 3. The summed E-state index contributed by atoms with van der Waals surface area (Å²) < 4.78 is 49.5. The van der Waals surface area contributed by atoms with Gasteiger partial charge in [0.05, 0.1) is 16.9 Å². The maximum atomic E-state index is 13.1. The molecule has 0 saturated heterocycles. The number of alkyl halides is 3. The van der Waals surface area contributed by atoms with Gasteiger partial charge in [-0.3, -0.25) is 10.1 Å². The third-order valence-electron chi connectivity index (χ3n) is 3.34. The summed E-state index contributed by atoms with van der Waals surface area (Å²) in [6.07, 6.45) is -6.36. The first kappa shape index (κ1) is 26.1. The highest BCUT2D eigenvalue weighted by Crippen LogP contribution is 2.34. The molecule has 0 heterocycles. The number of halogens is 3. The Morgan fingerprint density at radius 1 is 0.903 bits per heavy atom. The van der Waals surface area contributed by atoms with Crippen molar-refractivity contribution >= 4 is 29.5 Å². The van der Waals surface area contributed by atoms with E-state index in [1.54, 1.807) is 41.5 Å². The Balaban J connectivity index is 3.04. The lowest BCUT2D eigenvalue weighted by molar-refractivity contribution is -0.137. The van der Waals surface area contributed by atoms with E-state index < -0.39 is 47.6 Å². The van der Waals surface area contributed by atoms with Crippen LogP contribution in [0.4, 0.5) is 34.1 Å². The summed E-state index contributed by atoms with van der Waals surface area (Å²) in [4.78, 5) is 37.3. The number of amides is 3. The minimum absolute atomic E-state index is 0.101. The Hall–Kier alpha value is -2.98. The Bertz CT molecular complexity index is 827. The van der Waals surface area contributed by atoms with E-state index in [1.165, 1.54) is 7.05 Å². The Morgan fingerprint density at radius 2 is 1.45 bits per heavy atom. The zero-order valence-corrected chi connectivity index (χ0v) is 18.6. The fourth-order valence-corrected chi connectivity index (χ4v) is 2.16. The molecule has 1 aromatic rings. The van der Waals surface area contributed by atoms with Gasteiger partial charge in [-0.15, -0.1) is 0 Å². The van der Waals surface area contributed by atoms with Gasteiger partial charge in [0.25, 0.3) is 0 Å². The molecule has 1 rings (SSSR count). The van der Waals surface area contributed by atoms with Gasteiger partial charge >= 0.3 is 18.4 Å². The molecule has 0 unspecified atom stereocenters. The van der Waals surface area contributed by atoms with Gasteiger partial charge in [0, 0.05) is 7.05 Å². The summed E-state index contributed by atoms with van der Waals surface area (Å²) in [5, 5.41) is 4.59. The lowest BCUT2D eigenvalue weighted by atomic mass is 10.1. The van der Waals surface area contributed by atoms with Crippen LogP contribution in [-0.4, -0.2) is 47.8 Å². The first-order valence-electron chi connectivity index (χ1n) is 9.32. The summed E-state index contributed by atoms with van der Waals surface area (Å²) in [5.74, 6) is -0.792. The molecule has 0 radical (unpaired) electrons. The van der Waals surface area contributed by atoms with Gasteiger partial charge in [-0.25, -0.2) is 9.59 Å². The molecule has 0 fully saturated rings. The molecule has 0 aliphatic heterocycles. The summed E-state index contributed by atoms with van der Waals surface area (Å²) in [6, 6.07) is 2.44. The molecule has 1 aromatic carbocycles. The number of nitrogens with one attached hydrogen (secondary N) is 2. The fourth-order valence-electron chi connectivity index (χ4n) is 2.16. The van der Waals surface area contributed by atoms with E-state index in [4.69, 9.17) is 9.47 Å². The predicted molar refractivity (Wildman–Crippen MR) is 109 cm³/mol. The van der Waals surface area contributed by atoms with Gasteiger partial charge in [-0.1, -0.05) is 0 Å². The third-order valence-corrected chi connectivity index (χ3v) is 3.34. The molecule has 2 N–H and O–H groups in total. The molecule has 0 atom stereocenters. The average molecular weight is 447 g/mol. The smallest absolute Gasteiger partial charge is 0.416 e. The van der Waals surface area contributed by atoms with Crippen LogP contribution in [-0.2, 0) is 20.4 Å². The molecule has 174 valence electrons. The number of ether oxygens (including phenoxy) is 2. The fraction of sp³-hybridized carbons (Fsp3) is 0.550. The lowest BCUT2D eigenvalue weighted by Gasteiger charge is -2.24. The van der Waals surface area contributed by atoms with Crippen molar-refractivity contribution in [2.45, 2.75) is 58.9 Å². The van der Waals surface area contributed by atoms with Gasteiger partial charge < -0.3 is 19.7 Å². The highest BCUT2D eigenvalue weighted by atomic mass is 19.4. The van der Waals surface area contributed by atoms with E-state index in [9.17, 15) is 27.6 Å². The summed E-state index contributed by atoms with van der Waals surface area (Å²) in [5.41, 5.74) is -3.06. The van der Waals surface area contributed by atoms with Crippen LogP contribution in [0.25, 0.3) is 0 Å². The topological polar surface area (TPSA) is 97.0 Å². The van der Waals surface area contributed by atoms with Crippen molar-refractivity contribution in [1.29, 1.82) is 0 Å². The number of anilines is 2. The molecule has 8 nitrogen and oxygen atoms in total. The van der Waals surface area contributed by atoms with E-state index >= 15 is 0 Å². The quantitative estimate of drug-likeness (QED) is 0.687. The number of nitrogens with zero attached hydrogens (tertiary/aromatic N) is 1. The Kier molecular flexibility index (Phi) is 7.93. The summed E-state index contributed by atoms with van der Waals surface area (Å²) >= 11 is 0. The number of hydrogen-bond acceptors (Lipinski definition) is 5. The summed E-state index contributed by atoms with van der Waals surface area (Å²) in [7, 11) is 1.31. The van der Waals surface area contributed by atoms with Crippen LogP contribution in [0.2, 0.25) is 0 Å². The SMILES string of the molecule is CN(CC(=O)Nc1cc(C(F)(F)F)ccc1NC(=O)OC(C)(C)C)C(=O)OC(C)(C)C. The van der Waals surface area contributed by atoms with E-state index in [0.717, 1.165) is 17.0 Å². The largest absolute Gasteiger partial charge is 0.444 e. The van der Waals surface area contributed by atoms with E-state index in [0.29, 0.717) is 6.07 Å². The minimum atomic E-state index is -4.67. The molecule has 0 spiro atoms. The number of carbonyl (C=O) groups is 3. The average Bonchev–Trinajstić information content (AvgIpc) is 2.51. The highest BCUT2D eigenvalue weighted by molar-refractivity contribution is 5.99. The second-order valence-electron chi connectivity index (χ2n) is 8.77. The van der Waals surface area contributed by atoms with E-state index in [1.807, 2.05) is 0 Å². The second kappa shape index (κ2) is 9.44. The van der Waals surface area contributed by atoms with Crippen molar-refractivity contribution in [1.82, 2.24) is 4.90 Å². The van der Waals surface area contributed by atoms with E-state index in [2.05, 4.69) is 10.6 Å².